The van der Waals surface area contributed by atoms with Crippen molar-refractivity contribution >= 4 is 0 Å². The summed E-state index contributed by atoms with van der Waals surface area (Å²) in [4.78, 5) is 16.0. The zero-order chi connectivity index (χ0) is 8.72. The van der Waals surface area contributed by atoms with Gasteiger partial charge < -0.3 is 0 Å². The van der Waals surface area contributed by atoms with Crippen molar-refractivity contribution in [2.75, 3.05) is 0 Å². The molecule has 0 spiro atoms. The highest BCUT2D eigenvalue weighted by molar-refractivity contribution is 5.16. The normalized spacial score (nSPS) is 14.8. The highest BCUT2D eigenvalue weighted by Gasteiger charge is 2.15. The molecule has 12 heavy (non-hydrogen) atoms. The Morgan fingerprint density at radius 2 is 2.17 bits per heavy atom. The molecule has 0 fully saturated rings. The molecule has 0 atom stereocenters. The molecule has 1 aromatic heterocycles. The largest absolute Gasteiger partial charge is 0.296 e. The van der Waals surface area contributed by atoms with E-state index in [1.807, 2.05) is 13.8 Å². The quantitative estimate of drug-likeness (QED) is 0.568. The van der Waals surface area contributed by atoms with Gasteiger partial charge in [0.1, 0.15) is 5.82 Å². The van der Waals surface area contributed by atoms with Crippen molar-refractivity contribution in [1.29, 1.82) is 0 Å². The van der Waals surface area contributed by atoms with Crippen LogP contribution in [0.4, 0.5) is 0 Å². The van der Waals surface area contributed by atoms with Gasteiger partial charge in [-0.3, -0.25) is 9.36 Å². The molecule has 64 valence electrons. The molecule has 2 rings (SSSR count). The van der Waals surface area contributed by atoms with E-state index in [-0.39, 0.29) is 5.56 Å². The van der Waals surface area contributed by atoms with Gasteiger partial charge in [-0.15, -0.1) is 0 Å². The van der Waals surface area contributed by atoms with E-state index in [1.54, 1.807) is 4.57 Å². The fourth-order valence-electron chi connectivity index (χ4n) is 1.63. The Morgan fingerprint density at radius 3 is 2.92 bits per heavy atom. The average molecular weight is 164 g/mol. The third-order valence-electron chi connectivity index (χ3n) is 2.50. The summed E-state index contributed by atoms with van der Waals surface area (Å²) in [6.45, 7) is 4.59. The standard InChI is InChI=1S/C9H12N2O/c1-6-7(2)10-8-4-3-5-11(8)9(6)12/h3-5H2,1-2H3. The van der Waals surface area contributed by atoms with Gasteiger partial charge in [0.05, 0.1) is 0 Å². The fraction of sp³-hybridized carbons (Fsp3) is 0.556. The zero-order valence-corrected chi connectivity index (χ0v) is 7.42. The van der Waals surface area contributed by atoms with Crippen molar-refractivity contribution in [1.82, 2.24) is 9.55 Å². The number of aromatic nitrogens is 2. The van der Waals surface area contributed by atoms with Gasteiger partial charge in [-0.25, -0.2) is 4.98 Å². The summed E-state index contributed by atoms with van der Waals surface area (Å²) in [5, 5.41) is 0. The van der Waals surface area contributed by atoms with Crippen LogP contribution in [0.2, 0.25) is 0 Å². The molecule has 1 aliphatic rings. The summed E-state index contributed by atoms with van der Waals surface area (Å²) >= 11 is 0. The highest BCUT2D eigenvalue weighted by Crippen LogP contribution is 2.10. The van der Waals surface area contributed by atoms with Crippen LogP contribution < -0.4 is 5.56 Å². The van der Waals surface area contributed by atoms with Crippen molar-refractivity contribution < 1.29 is 0 Å². The number of nitrogens with zero attached hydrogens (tertiary/aromatic N) is 2. The molecule has 0 unspecified atom stereocenters. The summed E-state index contributed by atoms with van der Waals surface area (Å²) < 4.78 is 1.79. The average Bonchev–Trinajstić information content (AvgIpc) is 2.48. The van der Waals surface area contributed by atoms with Crippen molar-refractivity contribution in [2.45, 2.75) is 33.2 Å². The van der Waals surface area contributed by atoms with E-state index in [9.17, 15) is 4.79 Å². The second-order valence-corrected chi connectivity index (χ2v) is 3.30. The molecular weight excluding hydrogens is 152 g/mol. The summed E-state index contributed by atoms with van der Waals surface area (Å²) in [5.74, 6) is 0.961. The van der Waals surface area contributed by atoms with Gasteiger partial charge in [-0.1, -0.05) is 0 Å². The molecule has 3 nitrogen and oxygen atoms in total. The first-order valence-electron chi connectivity index (χ1n) is 4.27. The van der Waals surface area contributed by atoms with E-state index < -0.39 is 0 Å². The topological polar surface area (TPSA) is 34.9 Å². The number of rotatable bonds is 0. The number of aryl methyl sites for hydroxylation is 2. The monoisotopic (exact) mass is 164 g/mol. The summed E-state index contributed by atoms with van der Waals surface area (Å²) in [5.41, 5.74) is 1.82. The Kier molecular flexibility index (Phi) is 1.53. The van der Waals surface area contributed by atoms with E-state index in [2.05, 4.69) is 4.98 Å². The van der Waals surface area contributed by atoms with Crippen LogP contribution in [0.5, 0.6) is 0 Å². The van der Waals surface area contributed by atoms with E-state index in [1.165, 1.54) is 0 Å². The molecule has 2 heterocycles. The maximum Gasteiger partial charge on any atom is 0.256 e. The second-order valence-electron chi connectivity index (χ2n) is 3.30. The molecule has 1 aromatic rings. The van der Waals surface area contributed by atoms with Crippen LogP contribution in [0.15, 0.2) is 4.79 Å². The maximum atomic E-state index is 11.6. The third-order valence-corrected chi connectivity index (χ3v) is 2.50. The molecule has 0 bridgehead atoms. The summed E-state index contributed by atoms with van der Waals surface area (Å²) in [6.07, 6.45) is 2.02. The van der Waals surface area contributed by atoms with Gasteiger partial charge in [-0.05, 0) is 20.3 Å². The van der Waals surface area contributed by atoms with Crippen LogP contribution in [-0.4, -0.2) is 9.55 Å². The molecule has 0 saturated carbocycles. The van der Waals surface area contributed by atoms with Crippen molar-refractivity contribution in [3.8, 4) is 0 Å². The Morgan fingerprint density at radius 1 is 1.42 bits per heavy atom. The Labute approximate surface area is 71.1 Å². The lowest BCUT2D eigenvalue weighted by atomic mass is 10.2. The summed E-state index contributed by atoms with van der Waals surface area (Å²) in [6, 6.07) is 0. The molecular formula is C9H12N2O. The van der Waals surface area contributed by atoms with Crippen LogP contribution in [-0.2, 0) is 13.0 Å². The van der Waals surface area contributed by atoms with Gasteiger partial charge >= 0.3 is 0 Å². The molecule has 0 aromatic carbocycles. The third kappa shape index (κ3) is 0.891. The smallest absolute Gasteiger partial charge is 0.256 e. The SMILES string of the molecule is Cc1nc2n(c(=O)c1C)CCC2. The molecule has 0 radical (unpaired) electrons. The van der Waals surface area contributed by atoms with Crippen LogP contribution >= 0.6 is 0 Å². The molecule has 0 saturated heterocycles. The molecule has 1 aliphatic heterocycles. The molecule has 3 heteroatoms. The van der Waals surface area contributed by atoms with E-state index in [4.69, 9.17) is 0 Å². The molecule has 0 N–H and O–H groups in total. The number of hydrogen-bond donors (Lipinski definition) is 0. The number of hydrogen-bond acceptors (Lipinski definition) is 2. The van der Waals surface area contributed by atoms with Gasteiger partial charge in [0.25, 0.3) is 5.56 Å². The highest BCUT2D eigenvalue weighted by atomic mass is 16.1. The second kappa shape index (κ2) is 2.44. The van der Waals surface area contributed by atoms with Gasteiger partial charge in [-0.2, -0.15) is 0 Å². The minimum absolute atomic E-state index is 0.148. The van der Waals surface area contributed by atoms with Crippen molar-refractivity contribution in [3.63, 3.8) is 0 Å². The lowest BCUT2D eigenvalue weighted by molar-refractivity contribution is 0.701. The van der Waals surface area contributed by atoms with E-state index in [0.717, 1.165) is 36.5 Å². The Hall–Kier alpha value is -1.12. The van der Waals surface area contributed by atoms with E-state index >= 15 is 0 Å². The van der Waals surface area contributed by atoms with Crippen LogP contribution in [0.1, 0.15) is 23.5 Å². The Balaban J connectivity index is 2.76. The predicted molar refractivity (Wildman–Crippen MR) is 46.3 cm³/mol. The van der Waals surface area contributed by atoms with Crippen molar-refractivity contribution in [3.05, 3.63) is 27.4 Å². The minimum Gasteiger partial charge on any atom is -0.296 e. The van der Waals surface area contributed by atoms with Gasteiger partial charge in [0, 0.05) is 24.2 Å². The fourth-order valence-corrected chi connectivity index (χ4v) is 1.63. The lowest BCUT2D eigenvalue weighted by Crippen LogP contribution is -2.24. The first kappa shape index (κ1) is 7.53. The van der Waals surface area contributed by atoms with E-state index in [0.29, 0.717) is 0 Å². The van der Waals surface area contributed by atoms with Crippen LogP contribution in [0.3, 0.4) is 0 Å². The molecule has 0 amide bonds. The lowest BCUT2D eigenvalue weighted by Gasteiger charge is -2.05. The first-order chi connectivity index (χ1) is 5.70. The first-order valence-corrected chi connectivity index (χ1v) is 4.27. The predicted octanol–water partition coefficient (Wildman–Crippen LogP) is 0.806. The van der Waals surface area contributed by atoms with Crippen LogP contribution in [0.25, 0.3) is 0 Å². The summed E-state index contributed by atoms with van der Waals surface area (Å²) in [7, 11) is 0. The van der Waals surface area contributed by atoms with Crippen molar-refractivity contribution in [2.24, 2.45) is 0 Å². The Bertz CT molecular complexity index is 379. The number of fused-ring (bicyclic) bond motifs is 1. The van der Waals surface area contributed by atoms with Crippen LogP contribution in [0, 0.1) is 13.8 Å². The minimum atomic E-state index is 0.148. The zero-order valence-electron chi connectivity index (χ0n) is 7.42. The maximum absolute atomic E-state index is 11.6. The van der Waals surface area contributed by atoms with Gasteiger partial charge in [0.2, 0.25) is 0 Å². The molecule has 0 aliphatic carbocycles. The van der Waals surface area contributed by atoms with Gasteiger partial charge in [0.15, 0.2) is 0 Å².